The van der Waals surface area contributed by atoms with Crippen molar-refractivity contribution in [3.63, 3.8) is 0 Å². The van der Waals surface area contributed by atoms with Crippen LogP contribution in [-0.2, 0) is 9.47 Å². The van der Waals surface area contributed by atoms with Gasteiger partial charge in [-0.1, -0.05) is 0 Å². The number of imidazole rings is 1. The monoisotopic (exact) mass is 409 g/mol. The van der Waals surface area contributed by atoms with Gasteiger partial charge in [-0.2, -0.15) is 5.10 Å². The fourth-order valence-corrected chi connectivity index (χ4v) is 3.95. The number of fused-ring (bicyclic) bond motifs is 1. The molecule has 0 aromatic carbocycles. The van der Waals surface area contributed by atoms with E-state index in [-0.39, 0.29) is 0 Å². The lowest BCUT2D eigenvalue weighted by atomic mass is 10.2. The van der Waals surface area contributed by atoms with Crippen LogP contribution in [0.5, 0.6) is 5.75 Å². The standard InChI is InChI=1S/C22H27N5O3/c1-15-21(17-11-18(14-23-13-17)30-10-9-28-2)27-22(24-15)20(26-5-7-29-8-6-26)12-19(25-27)16-3-4-16/h11-14,16H,3-10H2,1-2H3. The van der Waals surface area contributed by atoms with E-state index in [0.717, 1.165) is 60.3 Å². The molecular weight excluding hydrogens is 382 g/mol. The Bertz CT molecular complexity index is 1040. The van der Waals surface area contributed by atoms with Crippen molar-refractivity contribution >= 4 is 11.3 Å². The molecule has 158 valence electrons. The van der Waals surface area contributed by atoms with Crippen LogP contribution in [0.2, 0.25) is 0 Å². The number of hydrogen-bond donors (Lipinski definition) is 0. The first-order chi connectivity index (χ1) is 14.7. The molecule has 5 rings (SSSR count). The minimum atomic E-state index is 0.485. The SMILES string of the molecule is COCCOc1cncc(-c2c(C)nc3c(N4CCOCC4)cc(C4CC4)nn23)c1. The highest BCUT2D eigenvalue weighted by Crippen LogP contribution is 2.41. The molecule has 1 saturated heterocycles. The van der Waals surface area contributed by atoms with E-state index >= 15 is 0 Å². The van der Waals surface area contributed by atoms with Gasteiger partial charge < -0.3 is 19.1 Å². The number of morpholine rings is 1. The Morgan fingerprint density at radius 1 is 1.13 bits per heavy atom. The molecule has 1 aliphatic heterocycles. The quantitative estimate of drug-likeness (QED) is 0.556. The molecule has 0 N–H and O–H groups in total. The molecule has 0 unspecified atom stereocenters. The number of rotatable bonds is 7. The average Bonchev–Trinajstić information content (AvgIpc) is 3.56. The molecule has 30 heavy (non-hydrogen) atoms. The Morgan fingerprint density at radius 3 is 2.73 bits per heavy atom. The molecule has 3 aromatic rings. The molecule has 4 heterocycles. The summed E-state index contributed by atoms with van der Waals surface area (Å²) in [5.74, 6) is 1.26. The smallest absolute Gasteiger partial charge is 0.178 e. The van der Waals surface area contributed by atoms with Crippen LogP contribution in [0.1, 0.15) is 30.1 Å². The summed E-state index contributed by atoms with van der Waals surface area (Å²) in [5, 5.41) is 5.00. The van der Waals surface area contributed by atoms with E-state index in [1.165, 1.54) is 12.8 Å². The maximum atomic E-state index is 5.77. The highest BCUT2D eigenvalue weighted by molar-refractivity contribution is 5.76. The molecular formula is C22H27N5O3. The Balaban J connectivity index is 1.60. The van der Waals surface area contributed by atoms with Crippen molar-refractivity contribution in [3.8, 4) is 17.0 Å². The molecule has 0 atom stereocenters. The number of hydrogen-bond acceptors (Lipinski definition) is 7. The number of nitrogens with zero attached hydrogens (tertiary/aromatic N) is 5. The molecule has 0 spiro atoms. The minimum Gasteiger partial charge on any atom is -0.490 e. The number of anilines is 1. The van der Waals surface area contributed by atoms with Crippen LogP contribution in [-0.4, -0.2) is 66.2 Å². The zero-order chi connectivity index (χ0) is 20.5. The van der Waals surface area contributed by atoms with Crippen molar-refractivity contribution in [1.82, 2.24) is 19.6 Å². The number of methoxy groups -OCH3 is 1. The van der Waals surface area contributed by atoms with Crippen LogP contribution in [0.3, 0.4) is 0 Å². The second kappa shape index (κ2) is 8.20. The van der Waals surface area contributed by atoms with Gasteiger partial charge in [-0.15, -0.1) is 0 Å². The highest BCUT2D eigenvalue weighted by atomic mass is 16.5. The average molecular weight is 409 g/mol. The molecule has 2 aliphatic rings. The summed E-state index contributed by atoms with van der Waals surface area (Å²) in [6.45, 7) is 6.27. The van der Waals surface area contributed by atoms with Crippen molar-refractivity contribution in [2.75, 3.05) is 51.5 Å². The summed E-state index contributed by atoms with van der Waals surface area (Å²) in [5.41, 5.74) is 6.02. The summed E-state index contributed by atoms with van der Waals surface area (Å²) < 4.78 is 18.4. The van der Waals surface area contributed by atoms with Crippen LogP contribution >= 0.6 is 0 Å². The van der Waals surface area contributed by atoms with Crippen molar-refractivity contribution in [2.45, 2.75) is 25.7 Å². The Kier molecular flexibility index (Phi) is 5.26. The minimum absolute atomic E-state index is 0.485. The van der Waals surface area contributed by atoms with E-state index in [1.54, 1.807) is 13.3 Å². The summed E-state index contributed by atoms with van der Waals surface area (Å²) in [6, 6.07) is 4.23. The lowest BCUT2D eigenvalue weighted by Crippen LogP contribution is -2.36. The number of aryl methyl sites for hydroxylation is 1. The third-order valence-corrected chi connectivity index (χ3v) is 5.65. The molecule has 0 bridgehead atoms. The second-order valence-electron chi connectivity index (χ2n) is 7.86. The van der Waals surface area contributed by atoms with Gasteiger partial charge >= 0.3 is 0 Å². The largest absolute Gasteiger partial charge is 0.490 e. The zero-order valence-corrected chi connectivity index (χ0v) is 17.5. The molecule has 2 fully saturated rings. The Morgan fingerprint density at radius 2 is 1.97 bits per heavy atom. The molecule has 0 amide bonds. The Labute approximate surface area is 175 Å². The van der Waals surface area contributed by atoms with E-state index in [4.69, 9.17) is 24.3 Å². The molecule has 8 nitrogen and oxygen atoms in total. The molecule has 0 radical (unpaired) electrons. The predicted molar refractivity (Wildman–Crippen MR) is 113 cm³/mol. The lowest BCUT2D eigenvalue weighted by molar-refractivity contribution is 0.123. The fourth-order valence-electron chi connectivity index (χ4n) is 3.95. The highest BCUT2D eigenvalue weighted by Gasteiger charge is 2.29. The summed E-state index contributed by atoms with van der Waals surface area (Å²) in [6.07, 6.45) is 5.97. The third kappa shape index (κ3) is 3.73. The molecule has 1 aliphatic carbocycles. The van der Waals surface area contributed by atoms with Gasteiger partial charge in [0.25, 0.3) is 0 Å². The van der Waals surface area contributed by atoms with Gasteiger partial charge in [0, 0.05) is 37.9 Å². The second-order valence-corrected chi connectivity index (χ2v) is 7.86. The van der Waals surface area contributed by atoms with E-state index in [0.29, 0.717) is 24.9 Å². The summed E-state index contributed by atoms with van der Waals surface area (Å²) in [7, 11) is 1.66. The first-order valence-electron chi connectivity index (χ1n) is 10.5. The maximum Gasteiger partial charge on any atom is 0.178 e. The fraction of sp³-hybridized carbons (Fsp3) is 0.500. The van der Waals surface area contributed by atoms with E-state index in [9.17, 15) is 0 Å². The first kappa shape index (κ1) is 19.3. The van der Waals surface area contributed by atoms with Gasteiger partial charge in [-0.25, -0.2) is 9.50 Å². The number of ether oxygens (including phenoxy) is 3. The predicted octanol–water partition coefficient (Wildman–Crippen LogP) is 2.84. The lowest BCUT2D eigenvalue weighted by Gasteiger charge is -2.29. The van der Waals surface area contributed by atoms with Crippen LogP contribution in [0.4, 0.5) is 5.69 Å². The van der Waals surface area contributed by atoms with E-state index in [1.807, 2.05) is 23.7 Å². The van der Waals surface area contributed by atoms with Gasteiger partial charge in [0.1, 0.15) is 12.4 Å². The summed E-state index contributed by atoms with van der Waals surface area (Å²) in [4.78, 5) is 11.7. The van der Waals surface area contributed by atoms with Gasteiger partial charge in [-0.3, -0.25) is 4.98 Å². The van der Waals surface area contributed by atoms with Crippen molar-refractivity contribution in [2.24, 2.45) is 0 Å². The van der Waals surface area contributed by atoms with Crippen molar-refractivity contribution in [3.05, 3.63) is 35.9 Å². The topological polar surface area (TPSA) is 74.0 Å². The third-order valence-electron chi connectivity index (χ3n) is 5.65. The zero-order valence-electron chi connectivity index (χ0n) is 17.5. The maximum absolute atomic E-state index is 5.77. The van der Waals surface area contributed by atoms with Crippen molar-refractivity contribution in [1.29, 1.82) is 0 Å². The summed E-state index contributed by atoms with van der Waals surface area (Å²) >= 11 is 0. The van der Waals surface area contributed by atoms with Crippen LogP contribution in [0.15, 0.2) is 24.5 Å². The molecule has 3 aromatic heterocycles. The van der Waals surface area contributed by atoms with Gasteiger partial charge in [0.2, 0.25) is 0 Å². The van der Waals surface area contributed by atoms with Crippen LogP contribution in [0, 0.1) is 6.92 Å². The van der Waals surface area contributed by atoms with Gasteiger partial charge in [-0.05, 0) is 31.9 Å². The Hall–Kier alpha value is -2.71. The number of pyridine rings is 1. The van der Waals surface area contributed by atoms with Crippen LogP contribution < -0.4 is 9.64 Å². The van der Waals surface area contributed by atoms with Gasteiger partial charge in [0.15, 0.2) is 5.65 Å². The van der Waals surface area contributed by atoms with Crippen molar-refractivity contribution < 1.29 is 14.2 Å². The molecule has 1 saturated carbocycles. The first-order valence-corrected chi connectivity index (χ1v) is 10.5. The normalized spacial score (nSPS) is 16.9. The number of aromatic nitrogens is 4. The van der Waals surface area contributed by atoms with Crippen LogP contribution in [0.25, 0.3) is 16.9 Å². The van der Waals surface area contributed by atoms with E-state index < -0.39 is 0 Å². The molecule has 8 heteroatoms. The van der Waals surface area contributed by atoms with E-state index in [2.05, 4.69) is 16.0 Å². The van der Waals surface area contributed by atoms with Gasteiger partial charge in [0.05, 0.1) is 48.8 Å².